The molecule has 108 valence electrons. The Hall–Kier alpha value is -1.95. The molecule has 1 aromatic rings. The van der Waals surface area contributed by atoms with Crippen LogP contribution in [0.15, 0.2) is 24.3 Å². The fourth-order valence-corrected chi connectivity index (χ4v) is 2.09. The summed E-state index contributed by atoms with van der Waals surface area (Å²) in [4.78, 5) is 25.2. The number of nitrogens with zero attached hydrogens (tertiary/aromatic N) is 1. The summed E-state index contributed by atoms with van der Waals surface area (Å²) in [6.45, 7) is 3.60. The van der Waals surface area contributed by atoms with E-state index in [-0.39, 0.29) is 30.2 Å². The molecule has 2 N–H and O–H groups in total. The molecule has 1 unspecified atom stereocenters. The van der Waals surface area contributed by atoms with E-state index in [0.717, 1.165) is 5.56 Å². The minimum absolute atomic E-state index is 0.0607. The van der Waals surface area contributed by atoms with Gasteiger partial charge >= 0.3 is 0 Å². The highest BCUT2D eigenvalue weighted by atomic mass is 19.1. The van der Waals surface area contributed by atoms with Crippen LogP contribution in [0.4, 0.5) is 4.39 Å². The Labute approximate surface area is 117 Å². The quantitative estimate of drug-likeness (QED) is 0.831. The summed E-state index contributed by atoms with van der Waals surface area (Å²) in [7, 11) is 0. The van der Waals surface area contributed by atoms with Gasteiger partial charge in [0.15, 0.2) is 0 Å². The van der Waals surface area contributed by atoms with Gasteiger partial charge in [0.05, 0.1) is 12.6 Å². The van der Waals surface area contributed by atoms with Crippen molar-refractivity contribution in [2.24, 2.45) is 0 Å². The summed E-state index contributed by atoms with van der Waals surface area (Å²) in [6, 6.07) is 5.63. The molecular weight excluding hydrogens is 261 g/mol. The van der Waals surface area contributed by atoms with E-state index in [0.29, 0.717) is 19.6 Å². The molecule has 0 radical (unpaired) electrons. The van der Waals surface area contributed by atoms with E-state index in [4.69, 9.17) is 0 Å². The molecule has 1 fully saturated rings. The van der Waals surface area contributed by atoms with Crippen molar-refractivity contribution in [3.8, 4) is 0 Å². The highest BCUT2D eigenvalue weighted by molar-refractivity contribution is 5.83. The van der Waals surface area contributed by atoms with E-state index >= 15 is 0 Å². The van der Waals surface area contributed by atoms with E-state index in [9.17, 15) is 14.0 Å². The summed E-state index contributed by atoms with van der Waals surface area (Å²) < 4.78 is 12.8. The van der Waals surface area contributed by atoms with E-state index in [1.165, 1.54) is 12.1 Å². The Morgan fingerprint density at radius 2 is 2.15 bits per heavy atom. The monoisotopic (exact) mass is 279 g/mol. The third-order valence-corrected chi connectivity index (χ3v) is 3.38. The van der Waals surface area contributed by atoms with Gasteiger partial charge in [-0.05, 0) is 24.6 Å². The smallest absolute Gasteiger partial charge is 0.237 e. The van der Waals surface area contributed by atoms with Crippen LogP contribution in [0.1, 0.15) is 12.5 Å². The summed E-state index contributed by atoms with van der Waals surface area (Å²) in [5.74, 6) is -0.494. The van der Waals surface area contributed by atoms with Crippen LogP contribution in [-0.4, -0.2) is 42.4 Å². The number of rotatable bonds is 4. The lowest BCUT2D eigenvalue weighted by molar-refractivity contribution is -0.130. The molecule has 0 spiro atoms. The second-order valence-corrected chi connectivity index (χ2v) is 4.84. The molecule has 6 heteroatoms. The predicted molar refractivity (Wildman–Crippen MR) is 72.3 cm³/mol. The van der Waals surface area contributed by atoms with Crippen LogP contribution in [0.5, 0.6) is 0 Å². The van der Waals surface area contributed by atoms with Crippen LogP contribution >= 0.6 is 0 Å². The van der Waals surface area contributed by atoms with Crippen LogP contribution in [0.3, 0.4) is 0 Å². The number of hydrogen-bond donors (Lipinski definition) is 2. The number of amides is 2. The Bertz CT molecular complexity index is 490. The molecular formula is C14H18FN3O2. The number of carbonyl (C=O) groups excluding carboxylic acids is 2. The van der Waals surface area contributed by atoms with E-state index in [1.54, 1.807) is 19.1 Å². The van der Waals surface area contributed by atoms with Gasteiger partial charge in [-0.2, -0.15) is 0 Å². The van der Waals surface area contributed by atoms with E-state index < -0.39 is 0 Å². The Balaban J connectivity index is 1.84. The molecule has 1 heterocycles. The van der Waals surface area contributed by atoms with Crippen LogP contribution in [-0.2, 0) is 16.1 Å². The number of carbonyl (C=O) groups is 2. The van der Waals surface area contributed by atoms with Gasteiger partial charge in [-0.3, -0.25) is 14.5 Å². The minimum Gasteiger partial charge on any atom is -0.354 e. The maximum absolute atomic E-state index is 12.8. The van der Waals surface area contributed by atoms with E-state index in [2.05, 4.69) is 10.6 Å². The molecule has 2 amide bonds. The summed E-state index contributed by atoms with van der Waals surface area (Å²) in [5, 5.41) is 5.52. The second-order valence-electron chi connectivity index (χ2n) is 4.84. The highest BCUT2D eigenvalue weighted by Crippen LogP contribution is 2.04. The van der Waals surface area contributed by atoms with Crippen molar-refractivity contribution in [3.63, 3.8) is 0 Å². The fourth-order valence-electron chi connectivity index (χ4n) is 2.09. The largest absolute Gasteiger partial charge is 0.354 e. The zero-order chi connectivity index (χ0) is 14.5. The second kappa shape index (κ2) is 6.47. The van der Waals surface area contributed by atoms with Gasteiger partial charge in [-0.1, -0.05) is 12.1 Å². The Kier molecular flexibility index (Phi) is 4.68. The molecule has 5 nitrogen and oxygen atoms in total. The van der Waals surface area contributed by atoms with Crippen LogP contribution in [0.25, 0.3) is 0 Å². The van der Waals surface area contributed by atoms with Crippen molar-refractivity contribution < 1.29 is 14.0 Å². The van der Waals surface area contributed by atoms with Crippen LogP contribution in [0.2, 0.25) is 0 Å². The third kappa shape index (κ3) is 3.77. The first-order chi connectivity index (χ1) is 9.56. The topological polar surface area (TPSA) is 61.4 Å². The maximum atomic E-state index is 12.8. The number of hydrogen-bond acceptors (Lipinski definition) is 3. The van der Waals surface area contributed by atoms with Crippen molar-refractivity contribution in [3.05, 3.63) is 35.6 Å². The number of nitrogens with one attached hydrogen (secondary N) is 2. The summed E-state index contributed by atoms with van der Waals surface area (Å²) in [5.41, 5.74) is 0.836. The molecule has 1 aliphatic rings. The van der Waals surface area contributed by atoms with Gasteiger partial charge in [-0.15, -0.1) is 0 Å². The van der Waals surface area contributed by atoms with Gasteiger partial charge < -0.3 is 10.6 Å². The zero-order valence-corrected chi connectivity index (χ0v) is 11.4. The molecule has 1 aliphatic heterocycles. The third-order valence-electron chi connectivity index (χ3n) is 3.38. The zero-order valence-electron chi connectivity index (χ0n) is 11.4. The number of halogens is 1. The molecule has 2 rings (SSSR count). The first-order valence-corrected chi connectivity index (χ1v) is 6.59. The van der Waals surface area contributed by atoms with Crippen molar-refractivity contribution in [2.75, 3.05) is 19.6 Å². The molecule has 0 aromatic heterocycles. The van der Waals surface area contributed by atoms with Crippen LogP contribution in [0, 0.1) is 5.82 Å². The first-order valence-electron chi connectivity index (χ1n) is 6.59. The molecule has 20 heavy (non-hydrogen) atoms. The van der Waals surface area contributed by atoms with Crippen molar-refractivity contribution in [1.82, 2.24) is 15.5 Å². The molecule has 1 atom stereocenters. The average molecular weight is 279 g/mol. The SMILES string of the molecule is CC(C(=O)NCc1ccc(F)cc1)N1CCNC(=O)C1. The van der Waals surface area contributed by atoms with E-state index in [1.807, 2.05) is 4.90 Å². The van der Waals surface area contributed by atoms with Crippen molar-refractivity contribution in [2.45, 2.75) is 19.5 Å². The van der Waals surface area contributed by atoms with Crippen LogP contribution < -0.4 is 10.6 Å². The molecule has 1 aromatic carbocycles. The predicted octanol–water partition coefficient (Wildman–Crippen LogP) is 0.262. The first kappa shape index (κ1) is 14.5. The minimum atomic E-state index is -0.360. The van der Waals surface area contributed by atoms with Gasteiger partial charge in [-0.25, -0.2) is 4.39 Å². The highest BCUT2D eigenvalue weighted by Gasteiger charge is 2.25. The van der Waals surface area contributed by atoms with Crippen molar-refractivity contribution in [1.29, 1.82) is 0 Å². The number of benzene rings is 1. The summed E-state index contributed by atoms with van der Waals surface area (Å²) in [6.07, 6.45) is 0. The number of piperazine rings is 1. The fraction of sp³-hybridized carbons (Fsp3) is 0.429. The lowest BCUT2D eigenvalue weighted by Gasteiger charge is -2.31. The van der Waals surface area contributed by atoms with Gasteiger partial charge in [0.1, 0.15) is 5.82 Å². The molecule has 0 saturated carbocycles. The molecule has 1 saturated heterocycles. The van der Waals surface area contributed by atoms with Gasteiger partial charge in [0.25, 0.3) is 0 Å². The maximum Gasteiger partial charge on any atom is 0.237 e. The molecule has 0 aliphatic carbocycles. The lowest BCUT2D eigenvalue weighted by Crippen LogP contribution is -2.54. The average Bonchev–Trinajstić information content (AvgIpc) is 2.45. The molecule has 0 bridgehead atoms. The Morgan fingerprint density at radius 3 is 2.80 bits per heavy atom. The lowest BCUT2D eigenvalue weighted by atomic mass is 10.2. The summed E-state index contributed by atoms with van der Waals surface area (Å²) >= 11 is 0. The van der Waals surface area contributed by atoms with Gasteiger partial charge in [0.2, 0.25) is 11.8 Å². The van der Waals surface area contributed by atoms with Crippen molar-refractivity contribution >= 4 is 11.8 Å². The Morgan fingerprint density at radius 1 is 1.45 bits per heavy atom. The standard InChI is InChI=1S/C14H18FN3O2/c1-10(18-7-6-16-13(19)9-18)14(20)17-8-11-2-4-12(15)5-3-11/h2-5,10H,6-9H2,1H3,(H,16,19)(H,17,20). The normalized spacial score (nSPS) is 17.4. The van der Waals surface area contributed by atoms with Gasteiger partial charge in [0, 0.05) is 19.6 Å².